The largest absolute Gasteiger partial charge is 0.493 e. The normalized spacial score (nSPS) is 16.6. The molecule has 122 valence electrons. The first-order valence-electron chi connectivity index (χ1n) is 8.05. The number of nitrogens with zero attached hydrogens (tertiary/aromatic N) is 2. The Balaban J connectivity index is 1.49. The summed E-state index contributed by atoms with van der Waals surface area (Å²) >= 11 is 0. The number of hydrogen-bond donors (Lipinski definition) is 1. The first-order chi connectivity index (χ1) is 11.1. The van der Waals surface area contributed by atoms with Crippen LogP contribution in [0.25, 0.3) is 0 Å². The van der Waals surface area contributed by atoms with Gasteiger partial charge in [0.15, 0.2) is 0 Å². The summed E-state index contributed by atoms with van der Waals surface area (Å²) in [5.41, 5.74) is 0.0925. The molecule has 1 N–H and O–H groups in total. The van der Waals surface area contributed by atoms with Crippen molar-refractivity contribution in [1.82, 2.24) is 14.9 Å². The van der Waals surface area contributed by atoms with Gasteiger partial charge in [-0.3, -0.25) is 4.79 Å². The highest BCUT2D eigenvalue weighted by Crippen LogP contribution is 2.45. The maximum absolute atomic E-state index is 12.3. The van der Waals surface area contributed by atoms with Gasteiger partial charge in [0.25, 0.3) is 0 Å². The fourth-order valence-corrected chi connectivity index (χ4v) is 2.65. The van der Waals surface area contributed by atoms with Gasteiger partial charge in [0.2, 0.25) is 5.91 Å². The zero-order valence-electron chi connectivity index (χ0n) is 13.7. The molecule has 1 atom stereocenters. The van der Waals surface area contributed by atoms with Gasteiger partial charge < -0.3 is 14.6 Å². The Morgan fingerprint density at radius 1 is 1.39 bits per heavy atom. The minimum atomic E-state index is -0.247. The Morgan fingerprint density at radius 2 is 2.13 bits per heavy atom. The van der Waals surface area contributed by atoms with E-state index in [0.717, 1.165) is 24.4 Å². The lowest BCUT2D eigenvalue weighted by atomic mass is 10.1. The monoisotopic (exact) mass is 313 g/mol. The molecule has 1 amide bonds. The third kappa shape index (κ3) is 3.73. The molecule has 0 unspecified atom stereocenters. The van der Waals surface area contributed by atoms with Crippen molar-refractivity contribution in [2.45, 2.75) is 32.7 Å². The average Bonchev–Trinajstić information content (AvgIpc) is 3.23. The number of para-hydroxylation sites is 1. The molecule has 0 saturated heterocycles. The SMILES string of the molecule is Cc1nccn1[C@H](C)C(=O)NCC1(COc2ccccc2)CC1. The highest BCUT2D eigenvalue weighted by molar-refractivity contribution is 5.80. The lowest BCUT2D eigenvalue weighted by Crippen LogP contribution is -2.37. The summed E-state index contributed by atoms with van der Waals surface area (Å²) in [6.07, 6.45) is 5.75. The first-order valence-corrected chi connectivity index (χ1v) is 8.05. The van der Waals surface area contributed by atoms with Gasteiger partial charge in [0.1, 0.15) is 17.6 Å². The number of hydrogen-bond acceptors (Lipinski definition) is 3. The topological polar surface area (TPSA) is 56.2 Å². The van der Waals surface area contributed by atoms with Crippen LogP contribution in [0.5, 0.6) is 5.75 Å². The van der Waals surface area contributed by atoms with Crippen molar-refractivity contribution < 1.29 is 9.53 Å². The minimum absolute atomic E-state index is 0.0251. The summed E-state index contributed by atoms with van der Waals surface area (Å²) in [7, 11) is 0. The Bertz CT molecular complexity index is 662. The fraction of sp³-hybridized carbons (Fsp3) is 0.444. The summed E-state index contributed by atoms with van der Waals surface area (Å²) in [6.45, 7) is 5.11. The van der Waals surface area contributed by atoms with Gasteiger partial charge in [-0.2, -0.15) is 0 Å². The lowest BCUT2D eigenvalue weighted by Gasteiger charge is -2.20. The van der Waals surface area contributed by atoms with Crippen molar-refractivity contribution in [3.63, 3.8) is 0 Å². The molecule has 0 bridgehead atoms. The highest BCUT2D eigenvalue weighted by atomic mass is 16.5. The van der Waals surface area contributed by atoms with E-state index in [2.05, 4.69) is 10.3 Å². The molecule has 5 heteroatoms. The number of amides is 1. The smallest absolute Gasteiger partial charge is 0.242 e. The molecule has 1 fully saturated rings. The molecule has 1 aliphatic carbocycles. The zero-order chi connectivity index (χ0) is 16.3. The van der Waals surface area contributed by atoms with Gasteiger partial charge in [-0.05, 0) is 38.8 Å². The average molecular weight is 313 g/mol. The van der Waals surface area contributed by atoms with E-state index < -0.39 is 0 Å². The van der Waals surface area contributed by atoms with E-state index in [4.69, 9.17) is 4.74 Å². The van der Waals surface area contributed by atoms with Crippen LogP contribution in [0.15, 0.2) is 42.7 Å². The Labute approximate surface area is 136 Å². The van der Waals surface area contributed by atoms with Crippen LogP contribution in [-0.2, 0) is 4.79 Å². The summed E-state index contributed by atoms with van der Waals surface area (Å²) in [5.74, 6) is 1.76. The second-order valence-corrected chi connectivity index (χ2v) is 6.38. The van der Waals surface area contributed by atoms with E-state index in [1.165, 1.54) is 0 Å². The molecule has 0 spiro atoms. The molecule has 1 aliphatic rings. The predicted octanol–water partition coefficient (Wildman–Crippen LogP) is 2.73. The van der Waals surface area contributed by atoms with Crippen molar-refractivity contribution in [3.05, 3.63) is 48.5 Å². The number of aromatic nitrogens is 2. The van der Waals surface area contributed by atoms with Crippen LogP contribution in [0.3, 0.4) is 0 Å². The van der Waals surface area contributed by atoms with Crippen molar-refractivity contribution in [2.24, 2.45) is 5.41 Å². The van der Waals surface area contributed by atoms with Gasteiger partial charge >= 0.3 is 0 Å². The number of carbonyl (C=O) groups is 1. The van der Waals surface area contributed by atoms with Crippen molar-refractivity contribution in [2.75, 3.05) is 13.2 Å². The summed E-state index contributed by atoms with van der Waals surface area (Å²) in [6, 6.07) is 9.57. The molecule has 0 aliphatic heterocycles. The zero-order valence-corrected chi connectivity index (χ0v) is 13.7. The number of imidazole rings is 1. The van der Waals surface area contributed by atoms with Crippen LogP contribution in [0.1, 0.15) is 31.6 Å². The summed E-state index contributed by atoms with van der Waals surface area (Å²) < 4.78 is 7.74. The van der Waals surface area contributed by atoms with Crippen LogP contribution in [-0.4, -0.2) is 28.6 Å². The minimum Gasteiger partial charge on any atom is -0.493 e. The molecule has 2 aromatic rings. The third-order valence-electron chi connectivity index (χ3n) is 4.54. The Morgan fingerprint density at radius 3 is 2.74 bits per heavy atom. The predicted molar refractivity (Wildman–Crippen MR) is 88.3 cm³/mol. The Kier molecular flexibility index (Phi) is 4.37. The van der Waals surface area contributed by atoms with Crippen LogP contribution in [0, 0.1) is 12.3 Å². The van der Waals surface area contributed by atoms with Crippen LogP contribution in [0.2, 0.25) is 0 Å². The molecule has 1 heterocycles. The van der Waals surface area contributed by atoms with Crippen LogP contribution >= 0.6 is 0 Å². The molecule has 5 nitrogen and oxygen atoms in total. The number of aryl methyl sites for hydroxylation is 1. The standard InChI is InChI=1S/C18H23N3O2/c1-14(21-11-10-19-15(21)2)17(22)20-12-18(8-9-18)13-23-16-6-4-3-5-7-16/h3-7,10-11,14H,8-9,12-13H2,1-2H3,(H,20,22)/t14-/m1/s1. The summed E-state index contributed by atoms with van der Waals surface area (Å²) in [4.78, 5) is 16.5. The number of nitrogens with one attached hydrogen (secondary N) is 1. The van der Waals surface area contributed by atoms with E-state index in [0.29, 0.717) is 13.2 Å². The first kappa shape index (κ1) is 15.6. The maximum atomic E-state index is 12.3. The van der Waals surface area contributed by atoms with Gasteiger partial charge in [0, 0.05) is 24.4 Å². The molecule has 3 rings (SSSR count). The van der Waals surface area contributed by atoms with Gasteiger partial charge in [-0.25, -0.2) is 4.98 Å². The molecule has 1 aromatic heterocycles. The highest BCUT2D eigenvalue weighted by Gasteiger charge is 2.44. The van der Waals surface area contributed by atoms with Crippen LogP contribution in [0.4, 0.5) is 0 Å². The number of benzene rings is 1. The fourth-order valence-electron chi connectivity index (χ4n) is 2.65. The molecular weight excluding hydrogens is 290 g/mol. The van der Waals surface area contributed by atoms with Crippen molar-refractivity contribution in [3.8, 4) is 5.75 Å². The van der Waals surface area contributed by atoms with E-state index in [-0.39, 0.29) is 17.4 Å². The van der Waals surface area contributed by atoms with Gasteiger partial charge in [0.05, 0.1) is 6.61 Å². The molecule has 0 radical (unpaired) electrons. The quantitative estimate of drug-likeness (QED) is 0.855. The van der Waals surface area contributed by atoms with E-state index in [1.54, 1.807) is 6.20 Å². The van der Waals surface area contributed by atoms with Gasteiger partial charge in [-0.15, -0.1) is 0 Å². The molecule has 23 heavy (non-hydrogen) atoms. The maximum Gasteiger partial charge on any atom is 0.242 e. The van der Waals surface area contributed by atoms with Crippen LogP contribution < -0.4 is 10.1 Å². The second kappa shape index (κ2) is 6.44. The van der Waals surface area contributed by atoms with E-state index in [1.807, 2.05) is 54.9 Å². The lowest BCUT2D eigenvalue weighted by molar-refractivity contribution is -0.124. The molecule has 1 aromatic carbocycles. The van der Waals surface area contributed by atoms with E-state index >= 15 is 0 Å². The third-order valence-corrected chi connectivity index (χ3v) is 4.54. The number of carbonyl (C=O) groups excluding carboxylic acids is 1. The second-order valence-electron chi connectivity index (χ2n) is 6.38. The molecular formula is C18H23N3O2. The van der Waals surface area contributed by atoms with Crippen molar-refractivity contribution in [1.29, 1.82) is 0 Å². The Hall–Kier alpha value is -2.30. The van der Waals surface area contributed by atoms with Crippen molar-refractivity contribution >= 4 is 5.91 Å². The number of ether oxygens (including phenoxy) is 1. The molecule has 1 saturated carbocycles. The number of rotatable bonds is 7. The van der Waals surface area contributed by atoms with Gasteiger partial charge in [-0.1, -0.05) is 18.2 Å². The van der Waals surface area contributed by atoms with E-state index in [9.17, 15) is 4.79 Å². The summed E-state index contributed by atoms with van der Waals surface area (Å²) in [5, 5.41) is 3.07.